The largest absolute Gasteiger partial charge is 0.331 e. The summed E-state index contributed by atoms with van der Waals surface area (Å²) in [7, 11) is 0. The predicted octanol–water partition coefficient (Wildman–Crippen LogP) is 5.40. The first-order valence-electron chi connectivity index (χ1n) is 9.60. The van der Waals surface area contributed by atoms with Gasteiger partial charge in [-0.15, -0.1) is 0 Å². The molecule has 2 aromatic carbocycles. The molecule has 9 heteroatoms. The van der Waals surface area contributed by atoms with E-state index in [2.05, 4.69) is 43.0 Å². The van der Waals surface area contributed by atoms with E-state index < -0.39 is 0 Å². The first-order chi connectivity index (χ1) is 14.9. The monoisotopic (exact) mass is 472 g/mol. The molecule has 0 radical (unpaired) electrons. The van der Waals surface area contributed by atoms with E-state index in [9.17, 15) is 0 Å². The quantitative estimate of drug-likeness (QED) is 0.262. The van der Waals surface area contributed by atoms with Crippen molar-refractivity contribution >= 4 is 58.1 Å². The van der Waals surface area contributed by atoms with Crippen LogP contribution < -0.4 is 16.0 Å². The van der Waals surface area contributed by atoms with Crippen molar-refractivity contribution in [1.29, 1.82) is 0 Å². The average molecular weight is 473 g/mol. The first kappa shape index (κ1) is 22.9. The van der Waals surface area contributed by atoms with Gasteiger partial charge in [0.25, 0.3) is 0 Å². The van der Waals surface area contributed by atoms with Crippen LogP contribution in [0.1, 0.15) is 17.0 Å². The Morgan fingerprint density at radius 2 is 1.68 bits per heavy atom. The van der Waals surface area contributed by atoms with E-state index in [1.807, 2.05) is 38.1 Å². The minimum atomic E-state index is 0.319. The van der Waals surface area contributed by atoms with Crippen molar-refractivity contribution in [2.75, 3.05) is 17.2 Å². The summed E-state index contributed by atoms with van der Waals surface area (Å²) < 4.78 is 0. The Morgan fingerprint density at radius 3 is 2.35 bits per heavy atom. The number of rotatable bonds is 5. The molecule has 3 rings (SSSR count). The summed E-state index contributed by atoms with van der Waals surface area (Å²) in [6, 6.07) is 17.2. The molecule has 0 aliphatic rings. The minimum Gasteiger partial charge on any atom is -0.331 e. The zero-order valence-electron chi connectivity index (χ0n) is 17.1. The van der Waals surface area contributed by atoms with Crippen LogP contribution in [0, 0.1) is 13.8 Å². The molecule has 0 aliphatic carbocycles. The number of guanidine groups is 1. The fourth-order valence-electron chi connectivity index (χ4n) is 2.79. The SMILES string of the molecule is Cc1cc(C)nc(NC(=NCCc2ccccc2)NC(=S)Nc2ccc(Cl)cc2Cl)n1. The molecule has 0 atom stereocenters. The van der Waals surface area contributed by atoms with Crippen LogP contribution in [0.4, 0.5) is 11.6 Å². The average Bonchev–Trinajstić information content (AvgIpc) is 2.70. The molecule has 3 N–H and O–H groups in total. The predicted molar refractivity (Wildman–Crippen MR) is 133 cm³/mol. The van der Waals surface area contributed by atoms with E-state index in [1.165, 1.54) is 5.56 Å². The van der Waals surface area contributed by atoms with Crippen LogP contribution in [0.3, 0.4) is 0 Å². The van der Waals surface area contributed by atoms with Crippen molar-refractivity contribution in [2.24, 2.45) is 4.99 Å². The molecule has 0 bridgehead atoms. The van der Waals surface area contributed by atoms with E-state index in [1.54, 1.807) is 18.2 Å². The number of thiocarbonyl (C=S) groups is 1. The standard InChI is InChI=1S/C22H22Cl2N6S/c1-14-12-15(2)27-21(26-14)29-20(25-11-10-16-6-4-3-5-7-16)30-22(31)28-19-9-8-17(23)13-18(19)24/h3-9,12-13H,10-11H2,1-2H3,(H3,25,26,27,28,29,30,31). The highest BCUT2D eigenvalue weighted by atomic mass is 35.5. The number of hydrogen-bond donors (Lipinski definition) is 3. The van der Waals surface area contributed by atoms with Gasteiger partial charge in [-0.25, -0.2) is 9.97 Å². The number of aryl methyl sites for hydroxylation is 2. The topological polar surface area (TPSA) is 74.2 Å². The van der Waals surface area contributed by atoms with Gasteiger partial charge < -0.3 is 10.6 Å². The lowest BCUT2D eigenvalue weighted by molar-refractivity contribution is 0.956. The van der Waals surface area contributed by atoms with E-state index >= 15 is 0 Å². The molecule has 1 heterocycles. The van der Waals surface area contributed by atoms with E-state index in [4.69, 9.17) is 35.4 Å². The second-order valence-electron chi connectivity index (χ2n) is 6.77. The van der Waals surface area contributed by atoms with Crippen LogP contribution in [0.5, 0.6) is 0 Å². The van der Waals surface area contributed by atoms with Crippen LogP contribution in [-0.2, 0) is 6.42 Å². The summed E-state index contributed by atoms with van der Waals surface area (Å²) in [5.74, 6) is 0.874. The zero-order valence-corrected chi connectivity index (χ0v) is 19.4. The summed E-state index contributed by atoms with van der Waals surface area (Å²) in [5.41, 5.74) is 3.54. The molecule has 0 fully saturated rings. The maximum Gasteiger partial charge on any atom is 0.229 e. The van der Waals surface area contributed by atoms with Gasteiger partial charge in [-0.1, -0.05) is 53.5 Å². The maximum absolute atomic E-state index is 6.23. The fourth-order valence-corrected chi connectivity index (χ4v) is 3.45. The molecule has 0 aliphatic heterocycles. The lowest BCUT2D eigenvalue weighted by Gasteiger charge is -2.15. The first-order valence-corrected chi connectivity index (χ1v) is 10.8. The van der Waals surface area contributed by atoms with Gasteiger partial charge in [-0.3, -0.25) is 10.3 Å². The number of anilines is 2. The summed E-state index contributed by atoms with van der Waals surface area (Å²) in [4.78, 5) is 13.4. The number of halogens is 2. The number of aliphatic imine (C=N–C) groups is 1. The summed E-state index contributed by atoms with van der Waals surface area (Å²) >= 11 is 17.6. The summed E-state index contributed by atoms with van der Waals surface area (Å²) in [6.07, 6.45) is 0.782. The lowest BCUT2D eigenvalue weighted by atomic mass is 10.2. The van der Waals surface area contributed by atoms with Gasteiger partial charge in [0.05, 0.1) is 10.7 Å². The normalized spacial score (nSPS) is 11.2. The van der Waals surface area contributed by atoms with Crippen molar-refractivity contribution < 1.29 is 0 Å². The Morgan fingerprint density at radius 1 is 0.968 bits per heavy atom. The van der Waals surface area contributed by atoms with Gasteiger partial charge in [0, 0.05) is 23.0 Å². The van der Waals surface area contributed by atoms with Crippen molar-refractivity contribution in [1.82, 2.24) is 15.3 Å². The molecule has 6 nitrogen and oxygen atoms in total. The van der Waals surface area contributed by atoms with Crippen LogP contribution in [0.15, 0.2) is 59.6 Å². The van der Waals surface area contributed by atoms with Crippen molar-refractivity contribution in [3.8, 4) is 0 Å². The van der Waals surface area contributed by atoms with Gasteiger partial charge >= 0.3 is 0 Å². The van der Waals surface area contributed by atoms with Crippen LogP contribution in [0.2, 0.25) is 10.0 Å². The molecule has 1 aromatic heterocycles. The van der Waals surface area contributed by atoms with Crippen LogP contribution in [-0.4, -0.2) is 27.6 Å². The van der Waals surface area contributed by atoms with E-state index in [0.29, 0.717) is 39.3 Å². The van der Waals surface area contributed by atoms with Crippen molar-refractivity contribution in [3.63, 3.8) is 0 Å². The maximum atomic E-state index is 6.23. The Kier molecular flexibility index (Phi) is 8.17. The number of aromatic nitrogens is 2. The van der Waals surface area contributed by atoms with Crippen LogP contribution >= 0.6 is 35.4 Å². The molecule has 3 aromatic rings. The highest BCUT2D eigenvalue weighted by Gasteiger charge is 2.09. The van der Waals surface area contributed by atoms with Gasteiger partial charge in [0.1, 0.15) is 0 Å². The Hall–Kier alpha value is -2.74. The molecule has 160 valence electrons. The number of benzene rings is 2. The van der Waals surface area contributed by atoms with Gasteiger partial charge in [0.15, 0.2) is 5.11 Å². The third kappa shape index (κ3) is 7.47. The number of nitrogens with one attached hydrogen (secondary N) is 3. The van der Waals surface area contributed by atoms with E-state index in [-0.39, 0.29) is 0 Å². The lowest BCUT2D eigenvalue weighted by Crippen LogP contribution is -2.39. The highest BCUT2D eigenvalue weighted by molar-refractivity contribution is 7.80. The zero-order chi connectivity index (χ0) is 22.2. The molecule has 0 unspecified atom stereocenters. The molecular formula is C22H22Cl2N6S. The Labute approximate surface area is 197 Å². The molecular weight excluding hydrogens is 451 g/mol. The summed E-state index contributed by atoms with van der Waals surface area (Å²) in [6.45, 7) is 4.37. The third-order valence-electron chi connectivity index (χ3n) is 4.14. The van der Waals surface area contributed by atoms with Crippen LogP contribution in [0.25, 0.3) is 0 Å². The van der Waals surface area contributed by atoms with Gasteiger partial charge in [0.2, 0.25) is 11.9 Å². The number of hydrogen-bond acceptors (Lipinski definition) is 4. The van der Waals surface area contributed by atoms with Gasteiger partial charge in [-0.2, -0.15) is 0 Å². The van der Waals surface area contributed by atoms with Crippen molar-refractivity contribution in [3.05, 3.63) is 81.6 Å². The van der Waals surface area contributed by atoms with E-state index in [0.717, 1.165) is 17.8 Å². The molecule has 0 saturated carbocycles. The third-order valence-corrected chi connectivity index (χ3v) is 4.89. The number of nitrogens with zero attached hydrogens (tertiary/aromatic N) is 3. The van der Waals surface area contributed by atoms with Gasteiger partial charge in [-0.05, 0) is 62.3 Å². The second kappa shape index (κ2) is 11.0. The fraction of sp³-hybridized carbons (Fsp3) is 0.182. The Bertz CT molecular complexity index is 1070. The Balaban J connectivity index is 1.73. The summed E-state index contributed by atoms with van der Waals surface area (Å²) in [5, 5.41) is 10.6. The highest BCUT2D eigenvalue weighted by Crippen LogP contribution is 2.25. The molecule has 31 heavy (non-hydrogen) atoms. The molecule has 0 amide bonds. The van der Waals surface area contributed by atoms with Crippen molar-refractivity contribution in [2.45, 2.75) is 20.3 Å². The minimum absolute atomic E-state index is 0.319. The second-order valence-corrected chi connectivity index (χ2v) is 8.02. The molecule has 0 spiro atoms. The smallest absolute Gasteiger partial charge is 0.229 e. The molecule has 0 saturated heterocycles.